The Morgan fingerprint density at radius 3 is 2.66 bits per heavy atom. The number of halogens is 1. The number of hydrogen-bond donors (Lipinski definition) is 3. The van der Waals surface area contributed by atoms with Crippen LogP contribution in [0.15, 0.2) is 40.4 Å². The minimum Gasteiger partial charge on any atom is -0.322 e. The topological polar surface area (TPSA) is 131 Å². The highest BCUT2D eigenvalue weighted by atomic mass is 32.2. The molecule has 0 atom stereocenters. The molecule has 3 aliphatic rings. The second-order valence-electron chi connectivity index (χ2n) is 9.50. The molecule has 12 heteroatoms. The minimum atomic E-state index is -4.00. The molecule has 184 valence electrons. The van der Waals surface area contributed by atoms with Crippen molar-refractivity contribution >= 4 is 44.3 Å². The van der Waals surface area contributed by atoms with Gasteiger partial charge >= 0.3 is 0 Å². The van der Waals surface area contributed by atoms with Crippen molar-refractivity contribution in [1.29, 1.82) is 0 Å². The summed E-state index contributed by atoms with van der Waals surface area (Å²) in [6, 6.07) is 5.97. The first-order chi connectivity index (χ1) is 16.8. The fraction of sp³-hybridized carbons (Fsp3) is 0.435. The van der Waals surface area contributed by atoms with Crippen LogP contribution >= 0.6 is 0 Å². The average Bonchev–Trinajstić information content (AvgIpc) is 3.60. The number of nitrogens with zero attached hydrogens (tertiary/aromatic N) is 5. The van der Waals surface area contributed by atoms with Crippen LogP contribution in [0.4, 0.5) is 21.8 Å². The molecule has 35 heavy (non-hydrogen) atoms. The van der Waals surface area contributed by atoms with E-state index >= 15 is 0 Å². The number of aromatic nitrogens is 3. The number of benzene rings is 1. The highest BCUT2D eigenvalue weighted by molar-refractivity contribution is 7.89. The highest BCUT2D eigenvalue weighted by Crippen LogP contribution is 2.46. The first-order valence-corrected chi connectivity index (χ1v) is 13.4. The molecule has 2 aromatic heterocycles. The van der Waals surface area contributed by atoms with Crippen LogP contribution in [0, 0.1) is 5.82 Å². The molecule has 2 fully saturated rings. The van der Waals surface area contributed by atoms with Crippen molar-refractivity contribution in [2.24, 2.45) is 10.1 Å². The van der Waals surface area contributed by atoms with Gasteiger partial charge in [0.1, 0.15) is 28.7 Å². The summed E-state index contributed by atoms with van der Waals surface area (Å²) in [6.07, 6.45) is 9.26. The maximum Gasteiger partial charge on any atom is 0.238 e. The van der Waals surface area contributed by atoms with Gasteiger partial charge in [-0.3, -0.25) is 20.0 Å². The van der Waals surface area contributed by atoms with Crippen LogP contribution in [-0.4, -0.2) is 41.9 Å². The maximum atomic E-state index is 14.6. The molecule has 0 unspecified atom stereocenters. The molecule has 0 radical (unpaired) electrons. The molecule has 0 saturated heterocycles. The molecule has 0 bridgehead atoms. The third-order valence-electron chi connectivity index (χ3n) is 7.20. The number of primary sulfonamides is 1. The van der Waals surface area contributed by atoms with Gasteiger partial charge in [0.15, 0.2) is 0 Å². The summed E-state index contributed by atoms with van der Waals surface area (Å²) < 4.78 is 40.0. The lowest BCUT2D eigenvalue weighted by atomic mass is 9.79. The lowest BCUT2D eigenvalue weighted by molar-refractivity contribution is 0.269. The molecule has 1 spiro atoms. The molecular weight excluding hydrogens is 471 g/mol. The number of amidine groups is 1. The van der Waals surface area contributed by atoms with Gasteiger partial charge in [-0.05, 0) is 49.9 Å². The van der Waals surface area contributed by atoms with Crippen molar-refractivity contribution in [2.45, 2.75) is 61.4 Å². The van der Waals surface area contributed by atoms with Crippen LogP contribution in [0.2, 0.25) is 0 Å². The van der Waals surface area contributed by atoms with Gasteiger partial charge in [0.05, 0.1) is 16.6 Å². The van der Waals surface area contributed by atoms with Gasteiger partial charge in [-0.1, -0.05) is 19.3 Å². The van der Waals surface area contributed by atoms with Gasteiger partial charge in [-0.2, -0.15) is 4.98 Å². The zero-order valence-electron chi connectivity index (χ0n) is 19.3. The maximum absolute atomic E-state index is 14.6. The largest absolute Gasteiger partial charge is 0.322 e. The third kappa shape index (κ3) is 3.62. The molecular formula is C23H27FN8O2S. The summed E-state index contributed by atoms with van der Waals surface area (Å²) in [5, 5.41) is 11.1. The van der Waals surface area contributed by atoms with E-state index in [0.717, 1.165) is 67.3 Å². The Labute approximate surface area is 202 Å². The van der Waals surface area contributed by atoms with Gasteiger partial charge in [0, 0.05) is 18.6 Å². The molecule has 2 aliphatic carbocycles. The molecule has 1 aromatic carbocycles. The van der Waals surface area contributed by atoms with Crippen LogP contribution in [0.3, 0.4) is 0 Å². The van der Waals surface area contributed by atoms with E-state index in [4.69, 9.17) is 10.1 Å². The Bertz CT molecular complexity index is 1460. The summed E-state index contributed by atoms with van der Waals surface area (Å²) in [5.74, 6) is 1.46. The lowest BCUT2D eigenvalue weighted by Gasteiger charge is -2.48. The van der Waals surface area contributed by atoms with Crippen molar-refractivity contribution in [2.75, 3.05) is 17.4 Å². The van der Waals surface area contributed by atoms with Crippen molar-refractivity contribution < 1.29 is 12.8 Å². The predicted octanol–water partition coefficient (Wildman–Crippen LogP) is 3.14. The summed E-state index contributed by atoms with van der Waals surface area (Å²) in [6.45, 7) is 0. The van der Waals surface area contributed by atoms with Gasteiger partial charge in [0.2, 0.25) is 16.0 Å². The Morgan fingerprint density at radius 1 is 1.23 bits per heavy atom. The van der Waals surface area contributed by atoms with Gasteiger partial charge in [-0.15, -0.1) is 0 Å². The van der Waals surface area contributed by atoms with Crippen LogP contribution < -0.4 is 20.9 Å². The Balaban J connectivity index is 1.46. The van der Waals surface area contributed by atoms with Crippen LogP contribution in [-0.2, 0) is 15.6 Å². The van der Waals surface area contributed by atoms with Gasteiger partial charge in [-0.25, -0.2) is 22.9 Å². The fourth-order valence-corrected chi connectivity index (χ4v) is 5.90. The normalized spacial score (nSPS) is 20.8. The first kappa shape index (κ1) is 22.2. The van der Waals surface area contributed by atoms with Crippen molar-refractivity contribution in [3.63, 3.8) is 0 Å². The van der Waals surface area contributed by atoms with Gasteiger partial charge in [0.25, 0.3) is 0 Å². The fourth-order valence-electron chi connectivity index (χ4n) is 5.38. The zero-order valence-corrected chi connectivity index (χ0v) is 20.1. The number of rotatable bonds is 4. The van der Waals surface area contributed by atoms with Crippen molar-refractivity contribution in [3.05, 3.63) is 36.3 Å². The Kier molecular flexibility index (Phi) is 5.01. The second-order valence-corrected chi connectivity index (χ2v) is 11.1. The number of aliphatic imine (C=N–C) groups is 1. The number of hydrogen-bond acceptors (Lipinski definition) is 7. The monoisotopic (exact) mass is 498 g/mol. The average molecular weight is 499 g/mol. The molecule has 3 heterocycles. The number of anilines is 3. The van der Waals surface area contributed by atoms with E-state index in [2.05, 4.69) is 36.4 Å². The lowest BCUT2D eigenvalue weighted by Crippen LogP contribution is -2.61. The molecule has 6 rings (SSSR count). The minimum absolute atomic E-state index is 0.0617. The smallest absolute Gasteiger partial charge is 0.238 e. The number of sulfonamides is 1. The van der Waals surface area contributed by atoms with Crippen LogP contribution in [0.5, 0.6) is 0 Å². The van der Waals surface area contributed by atoms with E-state index < -0.39 is 15.8 Å². The quantitative estimate of drug-likeness (QED) is 0.504. The van der Waals surface area contributed by atoms with Gasteiger partial charge < -0.3 is 5.32 Å². The predicted molar refractivity (Wildman–Crippen MR) is 132 cm³/mol. The molecule has 10 nitrogen and oxygen atoms in total. The molecule has 1 aliphatic heterocycles. The molecule has 3 aromatic rings. The van der Waals surface area contributed by atoms with E-state index in [9.17, 15) is 12.8 Å². The van der Waals surface area contributed by atoms with E-state index in [0.29, 0.717) is 6.04 Å². The number of fused-ring (bicyclic) bond motifs is 4. The zero-order chi connectivity index (χ0) is 24.4. The van der Waals surface area contributed by atoms with Crippen molar-refractivity contribution in [1.82, 2.24) is 20.0 Å². The van der Waals surface area contributed by atoms with Crippen molar-refractivity contribution in [3.8, 4) is 0 Å². The standard InChI is InChI=1S/C23H27FN8O2S/c1-26-21-23(9-3-2-4-10-23)31-19(32(30-21)15-5-6-15)11-14-13-27-22(29-20(14)31)28-18-8-7-16(12-17(18)24)35(25,33)34/h7-8,11-13,15H,2-6,9-10H2,1H3,(H,26,30)(H2,25,33,34)(H,27,28,29). The van der Waals surface area contributed by atoms with E-state index in [1.54, 1.807) is 6.20 Å². The Morgan fingerprint density at radius 2 is 2.00 bits per heavy atom. The molecule has 2 saturated carbocycles. The summed E-state index contributed by atoms with van der Waals surface area (Å²) in [7, 11) is -2.17. The molecule has 4 N–H and O–H groups in total. The number of nitrogens with one attached hydrogen (secondary N) is 2. The summed E-state index contributed by atoms with van der Waals surface area (Å²) in [5.41, 5.74) is 4.12. The second kappa shape index (κ2) is 7.89. The molecule has 0 amide bonds. The van der Waals surface area contributed by atoms with E-state index in [1.807, 2.05) is 7.05 Å². The van der Waals surface area contributed by atoms with Crippen LogP contribution in [0.1, 0.15) is 44.9 Å². The Hall–Kier alpha value is -3.25. The summed E-state index contributed by atoms with van der Waals surface area (Å²) >= 11 is 0. The third-order valence-corrected chi connectivity index (χ3v) is 8.11. The number of nitrogens with two attached hydrogens (primary N) is 1. The van der Waals surface area contributed by atoms with E-state index in [1.165, 1.54) is 18.6 Å². The highest BCUT2D eigenvalue weighted by Gasteiger charge is 2.48. The SMILES string of the molecule is CN=C1NN(C2CC2)c2cc3cnc(Nc4ccc(S(N)(=O)=O)cc4F)nc3n2C12CCCCC2. The number of hydrazine groups is 1. The summed E-state index contributed by atoms with van der Waals surface area (Å²) in [4.78, 5) is 13.6. The first-order valence-electron chi connectivity index (χ1n) is 11.8. The van der Waals surface area contributed by atoms with Crippen LogP contribution in [0.25, 0.3) is 11.0 Å². The van der Waals surface area contributed by atoms with E-state index in [-0.39, 0.29) is 22.1 Å².